The van der Waals surface area contributed by atoms with Gasteiger partial charge in [0.05, 0.1) is 20.4 Å². The van der Waals surface area contributed by atoms with Gasteiger partial charge >= 0.3 is 17.6 Å². The SMILES string of the molecule is O=[N+]([O-])c1cc(Cl)c(C(F)(F)F)cc1[N+](=O)[O-]. The van der Waals surface area contributed by atoms with Gasteiger partial charge in [0.15, 0.2) is 0 Å². The maximum absolute atomic E-state index is 12.3. The highest BCUT2D eigenvalue weighted by molar-refractivity contribution is 6.31. The Hall–Kier alpha value is -1.90. The molecule has 0 aliphatic carbocycles. The van der Waals surface area contributed by atoms with Crippen LogP contribution in [0.1, 0.15) is 5.56 Å². The molecule has 0 N–H and O–H groups in total. The van der Waals surface area contributed by atoms with Gasteiger partial charge in [0.2, 0.25) is 0 Å². The lowest BCUT2D eigenvalue weighted by atomic mass is 10.1. The lowest BCUT2D eigenvalue weighted by Gasteiger charge is -2.08. The van der Waals surface area contributed by atoms with E-state index in [9.17, 15) is 33.4 Å². The van der Waals surface area contributed by atoms with Crippen LogP contribution in [0.2, 0.25) is 5.02 Å². The van der Waals surface area contributed by atoms with E-state index in [2.05, 4.69) is 0 Å². The number of nitro groups is 2. The molecule has 17 heavy (non-hydrogen) atoms. The van der Waals surface area contributed by atoms with Crippen molar-refractivity contribution in [1.82, 2.24) is 0 Å². The van der Waals surface area contributed by atoms with Crippen LogP contribution in [-0.2, 0) is 6.18 Å². The largest absolute Gasteiger partial charge is 0.418 e. The molecule has 0 heterocycles. The van der Waals surface area contributed by atoms with E-state index in [1.807, 2.05) is 0 Å². The second-order valence-electron chi connectivity index (χ2n) is 2.83. The standard InChI is InChI=1S/C7H2ClF3N2O4/c8-4-2-6(13(16)17)5(12(14)15)1-3(4)7(9,10)11/h1-2H. The van der Waals surface area contributed by atoms with E-state index in [0.29, 0.717) is 6.07 Å². The van der Waals surface area contributed by atoms with E-state index < -0.39 is 38.0 Å². The molecule has 10 heteroatoms. The summed E-state index contributed by atoms with van der Waals surface area (Å²) in [6, 6.07) is 0.350. The molecule has 0 bridgehead atoms. The third-order valence-corrected chi connectivity index (χ3v) is 2.08. The first-order valence-electron chi connectivity index (χ1n) is 3.84. The summed E-state index contributed by atoms with van der Waals surface area (Å²) < 4.78 is 37.0. The molecule has 1 rings (SSSR count). The lowest BCUT2D eigenvalue weighted by Crippen LogP contribution is -2.08. The molecule has 0 aliphatic heterocycles. The zero-order chi connectivity index (χ0) is 13.4. The van der Waals surface area contributed by atoms with Crippen molar-refractivity contribution in [3.05, 3.63) is 42.9 Å². The van der Waals surface area contributed by atoms with Gasteiger partial charge in [-0.05, 0) is 0 Å². The Kier molecular flexibility index (Phi) is 3.23. The number of halogens is 4. The van der Waals surface area contributed by atoms with Crippen molar-refractivity contribution in [3.63, 3.8) is 0 Å². The molecular weight excluding hydrogens is 269 g/mol. The van der Waals surface area contributed by atoms with E-state index in [1.165, 1.54) is 0 Å². The summed E-state index contributed by atoms with van der Waals surface area (Å²) in [5.41, 5.74) is -3.84. The normalized spacial score (nSPS) is 11.3. The number of hydrogen-bond acceptors (Lipinski definition) is 4. The third-order valence-electron chi connectivity index (χ3n) is 1.76. The second kappa shape index (κ2) is 4.17. The van der Waals surface area contributed by atoms with E-state index in [4.69, 9.17) is 11.6 Å². The van der Waals surface area contributed by atoms with Crippen LogP contribution in [0.3, 0.4) is 0 Å². The molecule has 0 atom stereocenters. The molecule has 0 aliphatic rings. The van der Waals surface area contributed by atoms with Gasteiger partial charge in [0, 0.05) is 12.1 Å². The number of hydrogen-bond donors (Lipinski definition) is 0. The van der Waals surface area contributed by atoms with Crippen molar-refractivity contribution >= 4 is 23.0 Å². The van der Waals surface area contributed by atoms with Crippen LogP contribution in [0.25, 0.3) is 0 Å². The van der Waals surface area contributed by atoms with Gasteiger partial charge in [-0.2, -0.15) is 13.2 Å². The Balaban J connectivity index is 3.57. The monoisotopic (exact) mass is 270 g/mol. The minimum absolute atomic E-state index is 0.0421. The van der Waals surface area contributed by atoms with Crippen molar-refractivity contribution in [2.24, 2.45) is 0 Å². The van der Waals surface area contributed by atoms with Crippen LogP contribution >= 0.6 is 11.6 Å². The summed E-state index contributed by atoms with van der Waals surface area (Å²) in [5.74, 6) is 0. The fourth-order valence-electron chi connectivity index (χ4n) is 1.06. The first kappa shape index (κ1) is 13.2. The molecule has 0 aromatic heterocycles. The second-order valence-corrected chi connectivity index (χ2v) is 3.24. The van der Waals surface area contributed by atoms with Crippen LogP contribution in [-0.4, -0.2) is 9.85 Å². The Bertz CT molecular complexity index is 503. The van der Waals surface area contributed by atoms with Gasteiger partial charge in [0.1, 0.15) is 0 Å². The Morgan fingerprint density at radius 3 is 1.82 bits per heavy atom. The molecular formula is C7H2ClF3N2O4. The van der Waals surface area contributed by atoms with Gasteiger partial charge in [0.25, 0.3) is 0 Å². The zero-order valence-electron chi connectivity index (χ0n) is 7.69. The Morgan fingerprint density at radius 2 is 1.47 bits per heavy atom. The van der Waals surface area contributed by atoms with Crippen molar-refractivity contribution in [3.8, 4) is 0 Å². The van der Waals surface area contributed by atoms with Crippen LogP contribution < -0.4 is 0 Å². The minimum Gasteiger partial charge on any atom is -0.258 e. The van der Waals surface area contributed by atoms with Gasteiger partial charge in [-0.1, -0.05) is 11.6 Å². The molecule has 0 amide bonds. The molecule has 1 aromatic carbocycles. The number of benzene rings is 1. The lowest BCUT2D eigenvalue weighted by molar-refractivity contribution is -0.422. The van der Waals surface area contributed by atoms with Gasteiger partial charge in [-0.3, -0.25) is 20.2 Å². The molecule has 1 aromatic rings. The molecule has 0 saturated carbocycles. The summed E-state index contributed by atoms with van der Waals surface area (Å²) in [6.07, 6.45) is -4.92. The maximum atomic E-state index is 12.3. The molecule has 0 spiro atoms. The first-order valence-corrected chi connectivity index (χ1v) is 4.22. The predicted octanol–water partition coefficient (Wildman–Crippen LogP) is 3.18. The van der Waals surface area contributed by atoms with Crippen LogP contribution in [0, 0.1) is 20.2 Å². The summed E-state index contributed by atoms with van der Waals surface area (Å²) >= 11 is 5.19. The summed E-state index contributed by atoms with van der Waals surface area (Å²) in [7, 11) is 0. The Morgan fingerprint density at radius 1 is 1.06 bits per heavy atom. The van der Waals surface area contributed by atoms with Crippen molar-refractivity contribution in [1.29, 1.82) is 0 Å². The quantitative estimate of drug-likeness (QED) is 0.610. The van der Waals surface area contributed by atoms with Crippen LogP contribution in [0.5, 0.6) is 0 Å². The fraction of sp³-hybridized carbons (Fsp3) is 0.143. The van der Waals surface area contributed by atoms with Crippen LogP contribution in [0.15, 0.2) is 12.1 Å². The van der Waals surface area contributed by atoms with E-state index in [-0.39, 0.29) is 6.07 Å². The minimum atomic E-state index is -4.92. The van der Waals surface area contributed by atoms with Crippen molar-refractivity contribution in [2.75, 3.05) is 0 Å². The highest BCUT2D eigenvalue weighted by Gasteiger charge is 2.38. The average molecular weight is 271 g/mol. The fourth-order valence-corrected chi connectivity index (χ4v) is 1.33. The van der Waals surface area contributed by atoms with Crippen LogP contribution in [0.4, 0.5) is 24.5 Å². The summed E-state index contributed by atoms with van der Waals surface area (Å²) in [6.45, 7) is 0. The molecule has 0 radical (unpaired) electrons. The van der Waals surface area contributed by atoms with Gasteiger partial charge < -0.3 is 0 Å². The molecule has 0 saturated heterocycles. The van der Waals surface area contributed by atoms with Gasteiger partial charge in [-0.15, -0.1) is 0 Å². The number of nitro benzene ring substituents is 2. The van der Waals surface area contributed by atoms with E-state index >= 15 is 0 Å². The highest BCUT2D eigenvalue weighted by Crippen LogP contribution is 2.40. The third kappa shape index (κ3) is 2.61. The molecule has 0 fully saturated rings. The number of alkyl halides is 3. The highest BCUT2D eigenvalue weighted by atomic mass is 35.5. The summed E-state index contributed by atoms with van der Waals surface area (Å²) in [5, 5.41) is 19.8. The smallest absolute Gasteiger partial charge is 0.258 e. The number of nitrogens with zero attached hydrogens (tertiary/aromatic N) is 2. The first-order chi connectivity index (χ1) is 7.64. The molecule has 6 nitrogen and oxygen atoms in total. The maximum Gasteiger partial charge on any atom is 0.418 e. The average Bonchev–Trinajstić information content (AvgIpc) is 2.14. The summed E-state index contributed by atoms with van der Waals surface area (Å²) in [4.78, 5) is 18.4. The molecule has 0 unspecified atom stereocenters. The predicted molar refractivity (Wildman–Crippen MR) is 49.8 cm³/mol. The van der Waals surface area contributed by atoms with Gasteiger partial charge in [-0.25, -0.2) is 0 Å². The zero-order valence-corrected chi connectivity index (χ0v) is 8.45. The van der Waals surface area contributed by atoms with E-state index in [0.717, 1.165) is 0 Å². The number of rotatable bonds is 2. The topological polar surface area (TPSA) is 86.3 Å². The molecule has 92 valence electrons. The van der Waals surface area contributed by atoms with E-state index in [1.54, 1.807) is 0 Å². The Labute approximate surface area is 95.9 Å². The van der Waals surface area contributed by atoms with Crippen molar-refractivity contribution in [2.45, 2.75) is 6.18 Å². The van der Waals surface area contributed by atoms with Crippen molar-refractivity contribution < 1.29 is 23.0 Å².